The summed E-state index contributed by atoms with van der Waals surface area (Å²) in [6, 6.07) is 15.1. The summed E-state index contributed by atoms with van der Waals surface area (Å²) in [6.45, 7) is 1.78. The van der Waals surface area contributed by atoms with Gasteiger partial charge in [0.05, 0.1) is 0 Å². The summed E-state index contributed by atoms with van der Waals surface area (Å²) >= 11 is 0. The first-order valence-corrected chi connectivity index (χ1v) is 9.45. The van der Waals surface area contributed by atoms with Crippen LogP contribution in [0.4, 0.5) is 4.39 Å². The Hall–Kier alpha value is -3.48. The fourth-order valence-electron chi connectivity index (χ4n) is 3.26. The number of nitrogens with zero attached hydrogens (tertiary/aromatic N) is 2. The predicted molar refractivity (Wildman–Crippen MR) is 104 cm³/mol. The molecule has 0 saturated carbocycles. The van der Waals surface area contributed by atoms with Gasteiger partial charge in [-0.25, -0.2) is 4.39 Å². The molecule has 7 heteroatoms. The van der Waals surface area contributed by atoms with Gasteiger partial charge in [-0.15, -0.1) is 0 Å². The van der Waals surface area contributed by atoms with Crippen LogP contribution in [0.15, 0.2) is 59.1 Å². The second kappa shape index (κ2) is 8.26. The summed E-state index contributed by atoms with van der Waals surface area (Å²) in [6.07, 6.45) is 1.56. The lowest BCUT2D eigenvalue weighted by atomic mass is 10.1. The SMILES string of the molecule is O=C(NCc1ccc(CN2CCCC2=O)cc1)c1cc(-c2ccc(F)cc2)no1. The van der Waals surface area contributed by atoms with Crippen molar-refractivity contribution in [2.24, 2.45) is 0 Å². The monoisotopic (exact) mass is 393 g/mol. The number of halogens is 1. The van der Waals surface area contributed by atoms with Crippen molar-refractivity contribution in [3.63, 3.8) is 0 Å². The lowest BCUT2D eigenvalue weighted by molar-refractivity contribution is -0.128. The number of nitrogens with one attached hydrogen (secondary N) is 1. The van der Waals surface area contributed by atoms with Gasteiger partial charge in [0.15, 0.2) is 0 Å². The van der Waals surface area contributed by atoms with Gasteiger partial charge in [-0.05, 0) is 41.8 Å². The summed E-state index contributed by atoms with van der Waals surface area (Å²) < 4.78 is 18.1. The maximum Gasteiger partial charge on any atom is 0.290 e. The summed E-state index contributed by atoms with van der Waals surface area (Å²) in [5.74, 6) is -0.423. The van der Waals surface area contributed by atoms with Crippen molar-refractivity contribution in [1.82, 2.24) is 15.4 Å². The summed E-state index contributed by atoms with van der Waals surface area (Å²) in [5.41, 5.74) is 3.14. The molecule has 0 bridgehead atoms. The first-order valence-electron chi connectivity index (χ1n) is 9.45. The molecular weight excluding hydrogens is 373 g/mol. The fourth-order valence-corrected chi connectivity index (χ4v) is 3.26. The number of carbonyl (C=O) groups excluding carboxylic acids is 2. The van der Waals surface area contributed by atoms with Gasteiger partial charge in [0.2, 0.25) is 11.7 Å². The third-order valence-corrected chi connectivity index (χ3v) is 4.89. The van der Waals surface area contributed by atoms with E-state index in [4.69, 9.17) is 4.52 Å². The van der Waals surface area contributed by atoms with Crippen molar-refractivity contribution in [1.29, 1.82) is 0 Å². The molecule has 2 amide bonds. The molecule has 4 rings (SSSR count). The number of rotatable bonds is 6. The molecule has 0 aliphatic carbocycles. The van der Waals surface area contributed by atoms with Crippen LogP contribution in [0.25, 0.3) is 11.3 Å². The van der Waals surface area contributed by atoms with Gasteiger partial charge in [0, 0.05) is 37.7 Å². The normalized spacial score (nSPS) is 13.7. The van der Waals surface area contributed by atoms with Gasteiger partial charge in [-0.3, -0.25) is 9.59 Å². The van der Waals surface area contributed by atoms with E-state index in [-0.39, 0.29) is 23.4 Å². The van der Waals surface area contributed by atoms with Crippen molar-refractivity contribution in [2.45, 2.75) is 25.9 Å². The Balaban J connectivity index is 1.32. The third-order valence-electron chi connectivity index (χ3n) is 4.89. The summed E-state index contributed by atoms with van der Waals surface area (Å²) in [5, 5.41) is 6.66. The Kier molecular flexibility index (Phi) is 5.37. The average molecular weight is 393 g/mol. The number of benzene rings is 2. The first-order chi connectivity index (χ1) is 14.1. The number of hydrogen-bond acceptors (Lipinski definition) is 4. The van der Waals surface area contributed by atoms with E-state index in [0.717, 1.165) is 24.1 Å². The van der Waals surface area contributed by atoms with Crippen molar-refractivity contribution in [3.05, 3.63) is 77.3 Å². The average Bonchev–Trinajstić information content (AvgIpc) is 3.38. The van der Waals surface area contributed by atoms with E-state index >= 15 is 0 Å². The maximum absolute atomic E-state index is 13.0. The van der Waals surface area contributed by atoms with Crippen LogP contribution in [-0.4, -0.2) is 28.4 Å². The molecule has 2 heterocycles. The van der Waals surface area contributed by atoms with Gasteiger partial charge >= 0.3 is 0 Å². The minimum Gasteiger partial charge on any atom is -0.350 e. The topological polar surface area (TPSA) is 75.4 Å². The quantitative estimate of drug-likeness (QED) is 0.695. The molecule has 1 N–H and O–H groups in total. The van der Waals surface area contributed by atoms with Crippen LogP contribution in [0.3, 0.4) is 0 Å². The highest BCUT2D eigenvalue weighted by Crippen LogP contribution is 2.19. The molecule has 2 aromatic carbocycles. The van der Waals surface area contributed by atoms with Gasteiger partial charge in [-0.2, -0.15) is 0 Å². The van der Waals surface area contributed by atoms with E-state index in [1.807, 2.05) is 29.2 Å². The van der Waals surface area contributed by atoms with Crippen LogP contribution in [-0.2, 0) is 17.9 Å². The van der Waals surface area contributed by atoms with E-state index in [1.54, 1.807) is 12.1 Å². The fraction of sp³-hybridized carbons (Fsp3) is 0.227. The van der Waals surface area contributed by atoms with Crippen LogP contribution in [0.5, 0.6) is 0 Å². The maximum atomic E-state index is 13.0. The first kappa shape index (κ1) is 18.9. The number of amides is 2. The highest BCUT2D eigenvalue weighted by atomic mass is 19.1. The molecule has 0 radical (unpaired) electrons. The van der Waals surface area contributed by atoms with Gasteiger partial charge < -0.3 is 14.7 Å². The van der Waals surface area contributed by atoms with Gasteiger partial charge in [-0.1, -0.05) is 29.4 Å². The van der Waals surface area contributed by atoms with Crippen LogP contribution in [0.2, 0.25) is 0 Å². The predicted octanol–water partition coefficient (Wildman–Crippen LogP) is 3.53. The van der Waals surface area contributed by atoms with E-state index in [1.165, 1.54) is 18.2 Å². The summed E-state index contributed by atoms with van der Waals surface area (Å²) in [4.78, 5) is 25.9. The molecular formula is C22H20FN3O3. The molecule has 1 aromatic heterocycles. The van der Waals surface area contributed by atoms with Crippen molar-refractivity contribution < 1.29 is 18.5 Å². The minimum absolute atomic E-state index is 0.0912. The Morgan fingerprint density at radius 3 is 2.52 bits per heavy atom. The highest BCUT2D eigenvalue weighted by molar-refractivity contribution is 5.92. The van der Waals surface area contributed by atoms with Crippen LogP contribution in [0.1, 0.15) is 34.5 Å². The second-order valence-corrected chi connectivity index (χ2v) is 7.00. The lowest BCUT2D eigenvalue weighted by Crippen LogP contribution is -2.24. The highest BCUT2D eigenvalue weighted by Gasteiger charge is 2.20. The smallest absolute Gasteiger partial charge is 0.290 e. The van der Waals surface area contributed by atoms with Crippen molar-refractivity contribution in [3.8, 4) is 11.3 Å². The van der Waals surface area contributed by atoms with Gasteiger partial charge in [0.1, 0.15) is 11.5 Å². The number of hydrogen-bond donors (Lipinski definition) is 1. The molecule has 3 aromatic rings. The molecule has 0 spiro atoms. The lowest BCUT2D eigenvalue weighted by Gasteiger charge is -2.15. The van der Waals surface area contributed by atoms with E-state index in [9.17, 15) is 14.0 Å². The molecule has 29 heavy (non-hydrogen) atoms. The van der Waals surface area contributed by atoms with E-state index in [0.29, 0.717) is 30.8 Å². The standard InChI is InChI=1S/C22H20FN3O3/c23-18-9-7-17(8-10-18)19-12-20(29-25-19)22(28)24-13-15-3-5-16(6-4-15)14-26-11-1-2-21(26)27/h3-10,12H,1-2,11,13-14H2,(H,24,28). The van der Waals surface area contributed by atoms with E-state index in [2.05, 4.69) is 10.5 Å². The molecule has 148 valence electrons. The molecule has 1 aliphatic heterocycles. The Labute approximate surface area is 167 Å². The molecule has 0 atom stereocenters. The Bertz CT molecular complexity index is 1010. The number of aromatic nitrogens is 1. The van der Waals surface area contributed by atoms with Crippen LogP contribution >= 0.6 is 0 Å². The third kappa shape index (κ3) is 4.51. The zero-order valence-corrected chi connectivity index (χ0v) is 15.7. The van der Waals surface area contributed by atoms with Crippen molar-refractivity contribution in [2.75, 3.05) is 6.54 Å². The van der Waals surface area contributed by atoms with Crippen LogP contribution < -0.4 is 5.32 Å². The summed E-state index contributed by atoms with van der Waals surface area (Å²) in [7, 11) is 0. The molecule has 6 nitrogen and oxygen atoms in total. The Morgan fingerprint density at radius 2 is 1.83 bits per heavy atom. The largest absolute Gasteiger partial charge is 0.350 e. The van der Waals surface area contributed by atoms with E-state index < -0.39 is 0 Å². The molecule has 1 aliphatic rings. The zero-order valence-electron chi connectivity index (χ0n) is 15.7. The minimum atomic E-state index is -0.377. The zero-order chi connectivity index (χ0) is 20.2. The second-order valence-electron chi connectivity index (χ2n) is 7.00. The molecule has 1 saturated heterocycles. The molecule has 0 unspecified atom stereocenters. The Morgan fingerprint density at radius 1 is 1.10 bits per heavy atom. The van der Waals surface area contributed by atoms with Crippen LogP contribution in [0, 0.1) is 5.82 Å². The van der Waals surface area contributed by atoms with Crippen molar-refractivity contribution >= 4 is 11.8 Å². The van der Waals surface area contributed by atoms with Gasteiger partial charge in [0.25, 0.3) is 5.91 Å². The molecule has 1 fully saturated rings. The number of carbonyl (C=O) groups is 2. The number of likely N-dealkylation sites (tertiary alicyclic amines) is 1.